The number of benzene rings is 1. The molecule has 0 aliphatic rings. The standard InChI is InChI=1S/C16H14N3.C6H5NO2.Pt/c1-12-6-5-7-13(2)16(12)19-11-14(10-18-19)15-8-3-4-9-17-15;8-6(9)5-3-1-2-4-7-5;/h3-10H,1-2H3;1-4H,(H,8,9);/q-1;;. The molecule has 0 saturated carbocycles. The first-order valence-electron chi connectivity index (χ1n) is 8.66. The Morgan fingerprint density at radius 2 is 1.59 bits per heavy atom. The molecule has 29 heavy (non-hydrogen) atoms. The van der Waals surface area contributed by atoms with Crippen LogP contribution in [-0.2, 0) is 21.1 Å². The summed E-state index contributed by atoms with van der Waals surface area (Å²) in [6.07, 6.45) is 8.30. The van der Waals surface area contributed by atoms with Gasteiger partial charge in [0.15, 0.2) is 0 Å². The SMILES string of the molecule is Cc1cccc(C)c1-n1[c-]c(-c2ccccn2)cn1.O=C(O)c1ccccn1.[Pt]. The minimum atomic E-state index is -0.990. The van der Waals surface area contributed by atoms with Crippen LogP contribution in [0.15, 0.2) is 73.2 Å². The minimum absolute atomic E-state index is 0. The van der Waals surface area contributed by atoms with Crippen LogP contribution in [-0.4, -0.2) is 30.8 Å². The van der Waals surface area contributed by atoms with Gasteiger partial charge in [-0.2, -0.15) is 0 Å². The van der Waals surface area contributed by atoms with Crippen molar-refractivity contribution in [3.63, 3.8) is 0 Å². The predicted molar refractivity (Wildman–Crippen MR) is 106 cm³/mol. The number of aromatic carboxylic acids is 1. The fourth-order valence-electron chi connectivity index (χ4n) is 2.68. The van der Waals surface area contributed by atoms with Gasteiger partial charge in [-0.1, -0.05) is 53.1 Å². The number of carboxylic acids is 1. The number of carbonyl (C=O) groups is 1. The van der Waals surface area contributed by atoms with Gasteiger partial charge in [0.2, 0.25) is 0 Å². The Hall–Kier alpha value is -3.11. The monoisotopic (exact) mass is 566 g/mol. The molecule has 0 fully saturated rings. The third kappa shape index (κ3) is 5.69. The average molecular weight is 566 g/mol. The van der Waals surface area contributed by atoms with E-state index in [4.69, 9.17) is 5.11 Å². The van der Waals surface area contributed by atoms with E-state index in [1.165, 1.54) is 23.4 Å². The van der Waals surface area contributed by atoms with Gasteiger partial charge in [-0.3, -0.25) is 0 Å². The van der Waals surface area contributed by atoms with Crippen LogP contribution in [0.4, 0.5) is 0 Å². The van der Waals surface area contributed by atoms with Crippen molar-refractivity contribution in [2.24, 2.45) is 0 Å². The number of hydrogen-bond donors (Lipinski definition) is 1. The van der Waals surface area contributed by atoms with Crippen LogP contribution in [0.2, 0.25) is 0 Å². The topological polar surface area (TPSA) is 80.9 Å². The number of carboxylic acid groups (broad SMARTS) is 1. The van der Waals surface area contributed by atoms with E-state index in [1.54, 1.807) is 29.2 Å². The van der Waals surface area contributed by atoms with E-state index in [9.17, 15) is 4.79 Å². The number of hydrogen-bond acceptors (Lipinski definition) is 4. The molecule has 3 heterocycles. The molecule has 0 radical (unpaired) electrons. The first-order valence-corrected chi connectivity index (χ1v) is 8.66. The van der Waals surface area contributed by atoms with Gasteiger partial charge in [0.25, 0.3) is 0 Å². The molecule has 4 rings (SSSR count). The molecular formula is C22H19N4O2Pt-. The number of pyridine rings is 2. The van der Waals surface area contributed by atoms with Gasteiger partial charge in [0.1, 0.15) is 5.69 Å². The van der Waals surface area contributed by atoms with E-state index < -0.39 is 5.97 Å². The molecule has 0 amide bonds. The number of nitrogens with zero attached hydrogens (tertiary/aromatic N) is 4. The van der Waals surface area contributed by atoms with E-state index in [0.717, 1.165) is 16.9 Å². The Bertz CT molecular complexity index is 1050. The van der Waals surface area contributed by atoms with Crippen molar-refractivity contribution in [2.75, 3.05) is 0 Å². The molecule has 0 bridgehead atoms. The summed E-state index contributed by atoms with van der Waals surface area (Å²) in [6, 6.07) is 16.8. The van der Waals surface area contributed by atoms with Gasteiger partial charge in [0.05, 0.1) is 0 Å². The quantitative estimate of drug-likeness (QED) is 0.378. The van der Waals surface area contributed by atoms with Crippen LogP contribution in [0.5, 0.6) is 0 Å². The van der Waals surface area contributed by atoms with Gasteiger partial charge in [0, 0.05) is 33.5 Å². The third-order valence-electron chi connectivity index (χ3n) is 4.00. The summed E-state index contributed by atoms with van der Waals surface area (Å²) in [4.78, 5) is 18.0. The molecule has 6 nitrogen and oxygen atoms in total. The number of aromatic nitrogens is 4. The molecular weight excluding hydrogens is 547 g/mol. The smallest absolute Gasteiger partial charge is 0.354 e. The molecule has 0 aliphatic carbocycles. The van der Waals surface area contributed by atoms with Crippen molar-refractivity contribution in [1.82, 2.24) is 19.7 Å². The van der Waals surface area contributed by atoms with E-state index in [2.05, 4.69) is 53.3 Å². The summed E-state index contributed by atoms with van der Waals surface area (Å²) in [6.45, 7) is 4.16. The summed E-state index contributed by atoms with van der Waals surface area (Å²) in [5, 5.41) is 12.7. The number of para-hydroxylation sites is 1. The average Bonchev–Trinajstić information content (AvgIpc) is 3.19. The second-order valence-corrected chi connectivity index (χ2v) is 6.06. The Morgan fingerprint density at radius 1 is 0.931 bits per heavy atom. The Balaban J connectivity index is 0.000000255. The third-order valence-corrected chi connectivity index (χ3v) is 4.00. The van der Waals surface area contributed by atoms with Gasteiger partial charge in [-0.25, -0.2) is 14.9 Å². The maximum atomic E-state index is 10.1. The van der Waals surface area contributed by atoms with Crippen LogP contribution < -0.4 is 0 Å². The molecule has 0 atom stereocenters. The zero-order chi connectivity index (χ0) is 19.9. The summed E-state index contributed by atoms with van der Waals surface area (Å²) >= 11 is 0. The fourth-order valence-corrected chi connectivity index (χ4v) is 2.68. The first-order chi connectivity index (χ1) is 13.6. The van der Waals surface area contributed by atoms with Crippen LogP contribution in [0, 0.1) is 20.0 Å². The van der Waals surface area contributed by atoms with Gasteiger partial charge in [-0.15, -0.1) is 0 Å². The largest absolute Gasteiger partial charge is 0.477 e. The first kappa shape index (κ1) is 22.2. The normalized spacial score (nSPS) is 9.72. The molecule has 0 aliphatic heterocycles. The second-order valence-electron chi connectivity index (χ2n) is 6.06. The summed E-state index contributed by atoms with van der Waals surface area (Å²) in [5.74, 6) is -0.990. The minimum Gasteiger partial charge on any atom is -0.477 e. The molecule has 0 spiro atoms. The summed E-state index contributed by atoms with van der Waals surface area (Å²) in [7, 11) is 0. The molecule has 0 saturated heterocycles. The van der Waals surface area contributed by atoms with Crippen molar-refractivity contribution in [1.29, 1.82) is 0 Å². The zero-order valence-electron chi connectivity index (χ0n) is 15.9. The van der Waals surface area contributed by atoms with Crippen molar-refractivity contribution >= 4 is 5.97 Å². The maximum absolute atomic E-state index is 10.1. The van der Waals surface area contributed by atoms with E-state index in [1.807, 2.05) is 18.2 Å². The second kappa shape index (κ2) is 10.4. The molecule has 1 aromatic carbocycles. The predicted octanol–water partition coefficient (Wildman–Crippen LogP) is 4.13. The summed E-state index contributed by atoms with van der Waals surface area (Å²) in [5.41, 5.74) is 5.34. The van der Waals surface area contributed by atoms with Gasteiger partial charge >= 0.3 is 5.97 Å². The molecule has 1 N–H and O–H groups in total. The summed E-state index contributed by atoms with van der Waals surface area (Å²) < 4.78 is 1.80. The van der Waals surface area contributed by atoms with Gasteiger partial charge in [-0.05, 0) is 55.8 Å². The molecule has 3 aromatic heterocycles. The van der Waals surface area contributed by atoms with Crippen LogP contribution >= 0.6 is 0 Å². The zero-order valence-corrected chi connectivity index (χ0v) is 18.2. The molecule has 4 aromatic rings. The van der Waals surface area contributed by atoms with E-state index >= 15 is 0 Å². The number of rotatable bonds is 3. The van der Waals surface area contributed by atoms with Crippen LogP contribution in [0.3, 0.4) is 0 Å². The molecule has 0 unspecified atom stereocenters. The molecule has 150 valence electrons. The van der Waals surface area contributed by atoms with Crippen LogP contribution in [0.1, 0.15) is 21.6 Å². The fraction of sp³-hybridized carbons (Fsp3) is 0.0909. The Morgan fingerprint density at radius 3 is 2.10 bits per heavy atom. The van der Waals surface area contributed by atoms with Crippen molar-refractivity contribution in [3.05, 3.63) is 96.2 Å². The van der Waals surface area contributed by atoms with E-state index in [0.29, 0.717) is 0 Å². The van der Waals surface area contributed by atoms with E-state index in [-0.39, 0.29) is 26.8 Å². The van der Waals surface area contributed by atoms with Crippen LogP contribution in [0.25, 0.3) is 16.9 Å². The van der Waals surface area contributed by atoms with Crippen molar-refractivity contribution < 1.29 is 31.0 Å². The van der Waals surface area contributed by atoms with Crippen molar-refractivity contribution in [3.8, 4) is 16.9 Å². The molecule has 7 heteroatoms. The van der Waals surface area contributed by atoms with Gasteiger partial charge < -0.3 is 14.8 Å². The number of aryl methyl sites for hydroxylation is 2. The Kier molecular flexibility index (Phi) is 7.98. The maximum Gasteiger partial charge on any atom is 0.354 e. The Labute approximate surface area is 183 Å². The van der Waals surface area contributed by atoms with Crippen molar-refractivity contribution in [2.45, 2.75) is 13.8 Å².